The maximum absolute atomic E-state index is 14.4. The first-order valence-corrected chi connectivity index (χ1v) is 11.2. The molecule has 3 N–H and O–H groups in total. The Morgan fingerprint density at radius 1 is 1.08 bits per heavy atom. The molecule has 4 rings (SSSR count). The van der Waals surface area contributed by atoms with Gasteiger partial charge in [-0.15, -0.1) is 0 Å². The number of nitrogens with two attached hydrogens (primary N) is 1. The Kier molecular flexibility index (Phi) is 6.77. The van der Waals surface area contributed by atoms with Crippen LogP contribution in [0.1, 0.15) is 5.56 Å². The fourth-order valence-electron chi connectivity index (χ4n) is 4.04. The lowest BCUT2D eigenvalue weighted by Crippen LogP contribution is -2.28. The first-order chi connectivity index (χ1) is 17.0. The summed E-state index contributed by atoms with van der Waals surface area (Å²) in [7, 11) is 7.47. The van der Waals surface area contributed by atoms with Crippen LogP contribution in [0.4, 0.5) is 40.6 Å². The minimum absolute atomic E-state index is 0.0421. The second-order valence-corrected chi connectivity index (χ2v) is 8.87. The molecule has 0 amide bonds. The van der Waals surface area contributed by atoms with E-state index in [2.05, 4.69) is 20.2 Å². The van der Waals surface area contributed by atoms with Crippen molar-refractivity contribution in [2.24, 2.45) is 7.05 Å². The predicted octanol–water partition coefficient (Wildman–Crippen LogP) is 5.12. The van der Waals surface area contributed by atoms with Crippen LogP contribution in [0.15, 0.2) is 48.8 Å². The molecule has 0 unspecified atom stereocenters. The second-order valence-electron chi connectivity index (χ2n) is 8.87. The highest BCUT2D eigenvalue weighted by Gasteiger charge is 2.36. The number of benzene rings is 2. The molecular formula is C25H27F4N7. The standard InChI is InChI=1S/C25H27F4N7/c1-34(2)10-11-35(3)21-9-8-15(12-20(21)30)32-24-31-13-18(25(27,28)29)22(33-24)17-14-36(4)23-16(17)6-5-7-19(23)26/h5-9,12-14H,10-11,30H2,1-4H3,(H,31,32,33). The molecule has 0 spiro atoms. The van der Waals surface area contributed by atoms with Gasteiger partial charge in [-0.2, -0.15) is 13.2 Å². The highest BCUT2D eigenvalue weighted by atomic mass is 19.4. The van der Waals surface area contributed by atoms with E-state index in [4.69, 9.17) is 5.73 Å². The summed E-state index contributed by atoms with van der Waals surface area (Å²) in [4.78, 5) is 12.2. The van der Waals surface area contributed by atoms with Crippen LogP contribution in [0.25, 0.3) is 22.2 Å². The van der Waals surface area contributed by atoms with Crippen LogP contribution < -0.4 is 16.0 Å². The van der Waals surface area contributed by atoms with Crippen molar-refractivity contribution in [1.82, 2.24) is 19.4 Å². The Hall–Kier alpha value is -3.86. The summed E-state index contributed by atoms with van der Waals surface area (Å²) < 4.78 is 57.4. The van der Waals surface area contributed by atoms with Crippen LogP contribution in [-0.2, 0) is 13.2 Å². The zero-order valence-corrected chi connectivity index (χ0v) is 20.4. The molecule has 0 saturated heterocycles. The molecule has 0 radical (unpaired) electrons. The number of nitrogens with zero attached hydrogens (tertiary/aromatic N) is 5. The maximum Gasteiger partial charge on any atom is 0.419 e. The monoisotopic (exact) mass is 501 g/mol. The normalized spacial score (nSPS) is 11.9. The van der Waals surface area contributed by atoms with Crippen molar-refractivity contribution in [3.05, 3.63) is 60.2 Å². The number of hydrogen-bond acceptors (Lipinski definition) is 6. The first-order valence-electron chi connectivity index (χ1n) is 11.2. The topological polar surface area (TPSA) is 75.2 Å². The highest BCUT2D eigenvalue weighted by Crippen LogP contribution is 2.40. The van der Waals surface area contributed by atoms with Gasteiger partial charge in [0.2, 0.25) is 5.95 Å². The highest BCUT2D eigenvalue weighted by molar-refractivity contribution is 5.96. The number of fused-ring (bicyclic) bond motifs is 1. The lowest BCUT2D eigenvalue weighted by atomic mass is 10.1. The number of anilines is 4. The van der Waals surface area contributed by atoms with Crippen molar-refractivity contribution in [3.8, 4) is 11.3 Å². The third-order valence-electron chi connectivity index (χ3n) is 5.88. The summed E-state index contributed by atoms with van der Waals surface area (Å²) in [6.07, 6.45) is -2.53. The van der Waals surface area contributed by atoms with Gasteiger partial charge in [0.25, 0.3) is 0 Å². The van der Waals surface area contributed by atoms with Crippen molar-refractivity contribution < 1.29 is 17.6 Å². The second kappa shape index (κ2) is 9.65. The van der Waals surface area contributed by atoms with Crippen molar-refractivity contribution >= 4 is 33.9 Å². The molecule has 11 heteroatoms. The number of halogens is 4. The van der Waals surface area contributed by atoms with Gasteiger partial charge in [-0.05, 0) is 38.4 Å². The average molecular weight is 502 g/mol. The van der Waals surface area contributed by atoms with Crippen molar-refractivity contribution in [3.63, 3.8) is 0 Å². The van der Waals surface area contributed by atoms with Crippen LogP contribution in [0.3, 0.4) is 0 Å². The number of likely N-dealkylation sites (N-methyl/N-ethyl adjacent to an activating group) is 2. The minimum Gasteiger partial charge on any atom is -0.397 e. The lowest BCUT2D eigenvalue weighted by Gasteiger charge is -2.23. The zero-order chi connectivity index (χ0) is 26.2. The van der Waals surface area contributed by atoms with Gasteiger partial charge in [-0.25, -0.2) is 14.4 Å². The molecule has 0 atom stereocenters. The van der Waals surface area contributed by atoms with Gasteiger partial charge < -0.3 is 25.4 Å². The molecule has 0 saturated carbocycles. The van der Waals surface area contributed by atoms with E-state index in [0.717, 1.165) is 25.0 Å². The fourth-order valence-corrected chi connectivity index (χ4v) is 4.04. The van der Waals surface area contributed by atoms with Gasteiger partial charge in [-0.1, -0.05) is 12.1 Å². The summed E-state index contributed by atoms with van der Waals surface area (Å²) in [5.74, 6) is -0.576. The Morgan fingerprint density at radius 3 is 2.50 bits per heavy atom. The van der Waals surface area contributed by atoms with E-state index >= 15 is 0 Å². The first kappa shape index (κ1) is 25.2. The molecule has 36 heavy (non-hydrogen) atoms. The largest absolute Gasteiger partial charge is 0.419 e. The van der Waals surface area contributed by atoms with Gasteiger partial charge in [0.1, 0.15) is 11.4 Å². The number of alkyl halides is 3. The molecule has 0 aliphatic heterocycles. The van der Waals surface area contributed by atoms with E-state index in [1.54, 1.807) is 25.2 Å². The van der Waals surface area contributed by atoms with E-state index in [0.29, 0.717) is 16.8 Å². The summed E-state index contributed by atoms with van der Waals surface area (Å²) in [6, 6.07) is 9.53. The average Bonchev–Trinajstić information content (AvgIpc) is 3.14. The molecule has 0 bridgehead atoms. The van der Waals surface area contributed by atoms with Crippen molar-refractivity contribution in [2.75, 3.05) is 50.2 Å². The number of aromatic nitrogens is 3. The molecular weight excluding hydrogens is 474 g/mol. The van der Waals surface area contributed by atoms with Crippen molar-refractivity contribution in [2.45, 2.75) is 6.18 Å². The molecule has 2 aromatic heterocycles. The molecule has 7 nitrogen and oxygen atoms in total. The number of aryl methyl sites for hydroxylation is 1. The number of para-hydroxylation sites is 1. The maximum atomic E-state index is 14.4. The quantitative estimate of drug-likeness (QED) is 0.271. The molecule has 190 valence electrons. The Balaban J connectivity index is 1.71. The SMILES string of the molecule is CN(C)CCN(C)c1ccc(Nc2ncc(C(F)(F)F)c(-c3cn(C)c4c(F)cccc34)n2)cc1N. The molecule has 4 aromatic rings. The number of nitrogens with one attached hydrogen (secondary N) is 1. The molecule has 0 fully saturated rings. The van der Waals surface area contributed by atoms with Crippen molar-refractivity contribution in [1.29, 1.82) is 0 Å². The van der Waals surface area contributed by atoms with Gasteiger partial charge in [-0.3, -0.25) is 0 Å². The Labute approximate surface area is 206 Å². The molecule has 2 aromatic carbocycles. The van der Waals surface area contributed by atoms with Crippen LogP contribution >= 0.6 is 0 Å². The Bertz CT molecular complexity index is 1400. The van der Waals surface area contributed by atoms with E-state index in [9.17, 15) is 17.6 Å². The number of hydrogen-bond donors (Lipinski definition) is 2. The van der Waals surface area contributed by atoms with Gasteiger partial charge in [0.05, 0.1) is 22.6 Å². The van der Waals surface area contributed by atoms with Gasteiger partial charge in [0.15, 0.2) is 0 Å². The lowest BCUT2D eigenvalue weighted by molar-refractivity contribution is -0.137. The van der Waals surface area contributed by atoms with Crippen LogP contribution in [-0.4, -0.2) is 53.7 Å². The summed E-state index contributed by atoms with van der Waals surface area (Å²) >= 11 is 0. The predicted molar refractivity (Wildman–Crippen MR) is 135 cm³/mol. The summed E-state index contributed by atoms with van der Waals surface area (Å²) in [5, 5.41) is 3.26. The van der Waals surface area contributed by atoms with Crippen LogP contribution in [0.5, 0.6) is 0 Å². The summed E-state index contributed by atoms with van der Waals surface area (Å²) in [6.45, 7) is 1.61. The molecule has 0 aliphatic carbocycles. The van der Waals surface area contributed by atoms with Crippen LogP contribution in [0, 0.1) is 5.82 Å². The van der Waals surface area contributed by atoms with E-state index < -0.39 is 17.6 Å². The number of nitrogen functional groups attached to an aromatic ring is 1. The van der Waals surface area contributed by atoms with Crippen LogP contribution in [0.2, 0.25) is 0 Å². The minimum atomic E-state index is -4.70. The smallest absolute Gasteiger partial charge is 0.397 e. The van der Waals surface area contributed by atoms with E-state index in [-0.39, 0.29) is 22.7 Å². The zero-order valence-electron chi connectivity index (χ0n) is 20.4. The number of rotatable bonds is 7. The van der Waals surface area contributed by atoms with E-state index in [1.807, 2.05) is 32.1 Å². The van der Waals surface area contributed by atoms with Gasteiger partial charge >= 0.3 is 6.18 Å². The van der Waals surface area contributed by atoms with Gasteiger partial charge in [0, 0.05) is 56.2 Å². The molecule has 2 heterocycles. The molecule has 0 aliphatic rings. The van der Waals surface area contributed by atoms with E-state index in [1.165, 1.54) is 22.9 Å². The fraction of sp³-hybridized carbons (Fsp3) is 0.280. The third kappa shape index (κ3) is 5.06. The Morgan fingerprint density at radius 2 is 1.83 bits per heavy atom. The third-order valence-corrected chi connectivity index (χ3v) is 5.88. The summed E-state index contributed by atoms with van der Waals surface area (Å²) in [5.41, 5.74) is 7.08.